The van der Waals surface area contributed by atoms with Crippen LogP contribution in [0.25, 0.3) is 0 Å². The lowest BCUT2D eigenvalue weighted by Gasteiger charge is -2.36. The highest BCUT2D eigenvalue weighted by Crippen LogP contribution is 2.45. The normalized spacial score (nSPS) is 13.7. The number of methoxy groups -OCH3 is 1. The summed E-state index contributed by atoms with van der Waals surface area (Å²) in [5, 5.41) is 0.0855. The van der Waals surface area contributed by atoms with Crippen molar-refractivity contribution in [3.8, 4) is 17.2 Å². The zero-order valence-electron chi connectivity index (χ0n) is 27.1. The van der Waals surface area contributed by atoms with Crippen LogP contribution in [0.15, 0.2) is 6.07 Å². The first-order chi connectivity index (χ1) is 18.3. The van der Waals surface area contributed by atoms with Crippen LogP contribution >= 0.6 is 22.6 Å². The molecule has 0 spiro atoms. The number of carbonyl (C=O) groups is 1. The Bertz CT molecular complexity index is 922. The molecule has 0 aliphatic carbocycles. The summed E-state index contributed by atoms with van der Waals surface area (Å²) in [6, 6.07) is 3.91. The maximum Gasteiger partial charge on any atom is 0.191 e. The molecule has 0 amide bonds. The topological polar surface area (TPSA) is 72.5 Å². The van der Waals surface area contributed by atoms with Crippen molar-refractivity contribution in [2.75, 3.05) is 40.5 Å². The Morgan fingerprint density at radius 1 is 0.850 bits per heavy atom. The van der Waals surface area contributed by atoms with E-state index in [1.807, 2.05) is 6.07 Å². The molecule has 0 saturated heterocycles. The van der Waals surface area contributed by atoms with E-state index in [0.717, 1.165) is 21.9 Å². The van der Waals surface area contributed by atoms with Crippen LogP contribution in [0.4, 0.5) is 0 Å². The molecular formula is C29H55IO7Si3. The fraction of sp³-hybridized carbons (Fsp3) is 0.759. The summed E-state index contributed by atoms with van der Waals surface area (Å²) < 4.78 is 36.9. The van der Waals surface area contributed by atoms with Gasteiger partial charge in [0, 0.05) is 53.5 Å². The van der Waals surface area contributed by atoms with Crippen LogP contribution in [0.2, 0.25) is 69.5 Å². The Kier molecular flexibility index (Phi) is 15.4. The van der Waals surface area contributed by atoms with Crippen molar-refractivity contribution < 1.29 is 32.9 Å². The minimum Gasteiger partial charge on any atom is -0.495 e. The fourth-order valence-corrected chi connectivity index (χ4v) is 6.78. The summed E-state index contributed by atoms with van der Waals surface area (Å²) in [4.78, 5) is 12.6. The molecule has 0 N–H and O–H groups in total. The molecule has 0 fully saturated rings. The molecule has 1 aromatic rings. The van der Waals surface area contributed by atoms with E-state index in [2.05, 4.69) is 95.7 Å². The summed E-state index contributed by atoms with van der Waals surface area (Å²) in [6.45, 7) is 26.9. The zero-order valence-corrected chi connectivity index (χ0v) is 32.3. The molecule has 1 rings (SSSR count). The van der Waals surface area contributed by atoms with Gasteiger partial charge < -0.3 is 32.9 Å². The van der Waals surface area contributed by atoms with Crippen LogP contribution in [-0.4, -0.2) is 71.3 Å². The second-order valence-corrected chi connectivity index (χ2v) is 31.4. The number of halogens is 1. The zero-order chi connectivity index (χ0) is 30.8. The molecular weight excluding hydrogens is 671 g/mol. The number of carbonyl (C=O) groups excluding carboxylic acids is 1. The van der Waals surface area contributed by atoms with Gasteiger partial charge in [-0.25, -0.2) is 0 Å². The van der Waals surface area contributed by atoms with E-state index in [1.165, 1.54) is 0 Å². The summed E-state index contributed by atoms with van der Waals surface area (Å²) in [7, 11) is -2.79. The van der Waals surface area contributed by atoms with Crippen LogP contribution in [0, 0.1) is 3.57 Å². The first-order valence-corrected chi connectivity index (χ1v) is 25.6. The molecule has 0 aliphatic heterocycles. The van der Waals surface area contributed by atoms with E-state index in [0.29, 0.717) is 49.1 Å². The lowest BCUT2D eigenvalue weighted by Crippen LogP contribution is -2.41. The largest absolute Gasteiger partial charge is 0.495 e. The minimum absolute atomic E-state index is 0.0822. The average molecular weight is 727 g/mol. The standard InChI is InChI=1S/C29H55IO7Si3/c1-29(2,3)40(11,12)37-14-13-23(20-31)26-24(35-21-33-15-17-38(5,6)7)19-25(32-4)27(30)28(26)36-22-34-16-18-39(8,9)10/h19-20,23H,13-18,21-22H2,1-12H3. The summed E-state index contributed by atoms with van der Waals surface area (Å²) >= 11 is 2.21. The minimum atomic E-state index is -1.96. The highest BCUT2D eigenvalue weighted by Gasteiger charge is 2.37. The Labute approximate surface area is 260 Å². The van der Waals surface area contributed by atoms with Crippen molar-refractivity contribution >= 4 is 53.3 Å². The smallest absolute Gasteiger partial charge is 0.191 e. The lowest BCUT2D eigenvalue weighted by atomic mass is 9.95. The predicted molar refractivity (Wildman–Crippen MR) is 181 cm³/mol. The monoisotopic (exact) mass is 726 g/mol. The van der Waals surface area contributed by atoms with Crippen molar-refractivity contribution in [3.63, 3.8) is 0 Å². The number of hydrogen-bond acceptors (Lipinski definition) is 7. The summed E-state index contributed by atoms with van der Waals surface area (Å²) in [6.07, 6.45) is 1.48. The van der Waals surface area contributed by atoms with Gasteiger partial charge in [-0.3, -0.25) is 0 Å². The number of rotatable bonds is 19. The number of hydrogen-bond donors (Lipinski definition) is 0. The number of aldehydes is 1. The second-order valence-electron chi connectivity index (χ2n) is 14.2. The summed E-state index contributed by atoms with van der Waals surface area (Å²) in [5.74, 6) is 1.19. The van der Waals surface area contributed by atoms with Gasteiger partial charge in [-0.15, -0.1) is 0 Å². The predicted octanol–water partition coefficient (Wildman–Crippen LogP) is 8.38. The first-order valence-electron chi connectivity index (χ1n) is 14.2. The molecule has 1 aromatic carbocycles. The Hall–Kier alpha value is -0.449. The molecule has 0 aromatic heterocycles. The Morgan fingerprint density at radius 3 is 1.82 bits per heavy atom. The van der Waals surface area contributed by atoms with E-state index in [1.54, 1.807) is 7.11 Å². The van der Waals surface area contributed by atoms with E-state index in [4.69, 9.17) is 28.1 Å². The van der Waals surface area contributed by atoms with Crippen molar-refractivity contribution in [1.82, 2.24) is 0 Å². The third kappa shape index (κ3) is 13.2. The van der Waals surface area contributed by atoms with Gasteiger partial charge in [-0.1, -0.05) is 60.1 Å². The van der Waals surface area contributed by atoms with Gasteiger partial charge in [-0.05, 0) is 59.2 Å². The van der Waals surface area contributed by atoms with E-state index >= 15 is 0 Å². The SMILES string of the molecule is COc1cc(OCOCC[Si](C)(C)C)c(C(C=O)CCO[Si](C)(C)C(C)(C)C)c(OCOCC[Si](C)(C)C)c1I. The van der Waals surface area contributed by atoms with Gasteiger partial charge in [0.25, 0.3) is 0 Å². The fourth-order valence-electron chi connectivity index (χ4n) is 3.38. The van der Waals surface area contributed by atoms with E-state index < -0.39 is 30.4 Å². The molecule has 0 saturated carbocycles. The first kappa shape index (κ1) is 37.6. The van der Waals surface area contributed by atoms with Gasteiger partial charge in [0.1, 0.15) is 23.5 Å². The van der Waals surface area contributed by atoms with Crippen LogP contribution in [-0.2, 0) is 18.7 Å². The van der Waals surface area contributed by atoms with Gasteiger partial charge in [-0.2, -0.15) is 0 Å². The van der Waals surface area contributed by atoms with Crippen LogP contribution in [0.5, 0.6) is 17.2 Å². The van der Waals surface area contributed by atoms with Crippen molar-refractivity contribution in [1.29, 1.82) is 0 Å². The number of ether oxygens (including phenoxy) is 5. The van der Waals surface area contributed by atoms with Crippen LogP contribution in [0.3, 0.4) is 0 Å². The van der Waals surface area contributed by atoms with Crippen molar-refractivity contribution in [2.24, 2.45) is 0 Å². The lowest BCUT2D eigenvalue weighted by molar-refractivity contribution is -0.109. The number of benzene rings is 1. The third-order valence-electron chi connectivity index (χ3n) is 7.22. The average Bonchev–Trinajstić information content (AvgIpc) is 2.81. The molecule has 232 valence electrons. The quantitative estimate of drug-likeness (QED) is 0.0467. The molecule has 0 heterocycles. The van der Waals surface area contributed by atoms with Crippen molar-refractivity contribution in [3.05, 3.63) is 15.2 Å². The molecule has 0 radical (unpaired) electrons. The van der Waals surface area contributed by atoms with E-state index in [-0.39, 0.29) is 18.6 Å². The maximum atomic E-state index is 12.6. The molecule has 11 heteroatoms. The Balaban J connectivity index is 3.27. The van der Waals surface area contributed by atoms with Crippen molar-refractivity contribution in [2.45, 2.75) is 103 Å². The Morgan fingerprint density at radius 2 is 1.38 bits per heavy atom. The van der Waals surface area contributed by atoms with Gasteiger partial charge in [0.05, 0.1) is 10.7 Å². The molecule has 1 atom stereocenters. The highest BCUT2D eigenvalue weighted by molar-refractivity contribution is 14.1. The maximum absolute atomic E-state index is 12.6. The van der Waals surface area contributed by atoms with E-state index in [9.17, 15) is 4.79 Å². The molecule has 40 heavy (non-hydrogen) atoms. The van der Waals surface area contributed by atoms with Crippen LogP contribution in [0.1, 0.15) is 38.7 Å². The van der Waals surface area contributed by atoms with Gasteiger partial charge >= 0.3 is 0 Å². The third-order valence-corrected chi connectivity index (χ3v) is 16.2. The van der Waals surface area contributed by atoms with Gasteiger partial charge in [0.2, 0.25) is 0 Å². The molecule has 7 nitrogen and oxygen atoms in total. The molecule has 0 aliphatic rings. The van der Waals surface area contributed by atoms with Gasteiger partial charge in [0.15, 0.2) is 21.9 Å². The second kappa shape index (κ2) is 16.4. The highest BCUT2D eigenvalue weighted by atomic mass is 127. The molecule has 0 bridgehead atoms. The summed E-state index contributed by atoms with van der Waals surface area (Å²) in [5.41, 5.74) is 0.682. The molecule has 1 unspecified atom stereocenters. The van der Waals surface area contributed by atoms with Crippen LogP contribution < -0.4 is 14.2 Å².